The average Bonchev–Trinajstić information content (AvgIpc) is 0.984. The minimum Gasteiger partial charge on any atom is -0.508 e. The van der Waals surface area contributed by atoms with Gasteiger partial charge in [-0.1, -0.05) is 72.9 Å². The van der Waals surface area contributed by atoms with E-state index in [2.05, 4.69) is 73.4 Å². The molecule has 0 bridgehead atoms. The van der Waals surface area contributed by atoms with E-state index in [1.54, 1.807) is 27.7 Å². The van der Waals surface area contributed by atoms with Gasteiger partial charge in [0.05, 0.1) is 38.2 Å². The van der Waals surface area contributed by atoms with Crippen LogP contribution in [0.1, 0.15) is 143 Å². The number of nitrogens with zero attached hydrogens (tertiary/aromatic N) is 2. The van der Waals surface area contributed by atoms with Crippen LogP contribution in [0.2, 0.25) is 0 Å². The highest BCUT2D eigenvalue weighted by molar-refractivity contribution is 6.01. The first kappa shape index (κ1) is 91.5. The third-order valence-corrected chi connectivity index (χ3v) is 17.3. The van der Waals surface area contributed by atoms with Gasteiger partial charge in [0, 0.05) is 31.3 Å². The molecule has 0 fully saturated rings. The van der Waals surface area contributed by atoms with Crippen LogP contribution in [0.25, 0.3) is 0 Å². The number of nitrogens with one attached hydrogen (secondary N) is 12. The summed E-state index contributed by atoms with van der Waals surface area (Å²) in [5, 5.41) is 76.7. The topological polar surface area (TPSA) is 687 Å². The van der Waals surface area contributed by atoms with Crippen LogP contribution in [0.15, 0.2) is 41.8 Å². The molecule has 29 N–H and O–H groups in total. The minimum atomic E-state index is -1.99. The number of aromatic nitrogens is 2. The van der Waals surface area contributed by atoms with Gasteiger partial charge in [0.2, 0.25) is 70.9 Å². The van der Waals surface area contributed by atoms with Crippen LogP contribution >= 0.6 is 0 Å². The lowest BCUT2D eigenvalue weighted by atomic mass is 9.96. The summed E-state index contributed by atoms with van der Waals surface area (Å²) in [6.07, 6.45) is 0.508. The van der Waals surface area contributed by atoms with Crippen molar-refractivity contribution in [2.24, 2.45) is 57.1 Å². The number of nitrogens with two attached hydrogens (primary N) is 6. The number of unbranched alkanes of at least 4 members (excludes halogenated alkanes) is 2. The predicted molar refractivity (Wildman–Crippen MR) is 380 cm³/mol. The number of rotatable bonds is 52. The number of aliphatic imine (C=N–C) groups is 1. The van der Waals surface area contributed by atoms with Crippen molar-refractivity contribution in [2.45, 2.75) is 217 Å². The maximum atomic E-state index is 14.5. The number of carboxylic acids is 3. The third kappa shape index (κ3) is 33.0. The summed E-state index contributed by atoms with van der Waals surface area (Å²) in [6.45, 7) is 8.67. The van der Waals surface area contributed by atoms with Crippen LogP contribution in [-0.4, -0.2) is 229 Å². The zero-order valence-electron chi connectivity index (χ0n) is 60.5. The Morgan fingerprint density at radius 2 is 0.830 bits per heavy atom. The number of carboxylic acid groups (broad SMARTS) is 3. The van der Waals surface area contributed by atoms with Gasteiger partial charge in [0.25, 0.3) is 0 Å². The molecule has 0 radical (unpaired) electrons. The van der Waals surface area contributed by atoms with E-state index in [1.165, 1.54) is 50.6 Å². The molecule has 0 aliphatic rings. The van der Waals surface area contributed by atoms with Crippen molar-refractivity contribution >= 4 is 94.8 Å². The number of guanidine groups is 1. The normalized spacial score (nSPS) is 15.3. The number of benzene rings is 1. The second-order valence-electron chi connectivity index (χ2n) is 25.8. The van der Waals surface area contributed by atoms with Gasteiger partial charge in [0.15, 0.2) is 5.96 Å². The van der Waals surface area contributed by atoms with Crippen LogP contribution in [0.5, 0.6) is 5.75 Å². The van der Waals surface area contributed by atoms with E-state index < -0.39 is 205 Å². The quantitative estimate of drug-likeness (QED) is 0.0166. The summed E-state index contributed by atoms with van der Waals surface area (Å²) in [5.74, 6) is -20.4. The lowest BCUT2D eigenvalue weighted by Crippen LogP contribution is -2.62. The fourth-order valence-electron chi connectivity index (χ4n) is 10.5. The maximum absolute atomic E-state index is 14.5. The van der Waals surface area contributed by atoms with Crippen molar-refractivity contribution in [3.63, 3.8) is 0 Å². The van der Waals surface area contributed by atoms with E-state index in [0.29, 0.717) is 24.1 Å². The number of phenolic OH excluding ortho intramolecular Hbond substituents is 1. The Morgan fingerprint density at radius 3 is 1.25 bits per heavy atom. The van der Waals surface area contributed by atoms with E-state index in [-0.39, 0.29) is 102 Å². The number of H-pyrrole nitrogens is 1. The highest BCUT2D eigenvalue weighted by atomic mass is 16.4. The first-order valence-corrected chi connectivity index (χ1v) is 34.9. The number of carbonyl (C=O) groups is 15. The van der Waals surface area contributed by atoms with Crippen molar-refractivity contribution < 1.29 is 97.5 Å². The molecule has 1 aromatic heterocycles. The van der Waals surface area contributed by atoms with E-state index in [1.807, 2.05) is 0 Å². The predicted octanol–water partition coefficient (Wildman–Crippen LogP) is -6.09. The summed E-state index contributed by atoms with van der Waals surface area (Å²) in [4.78, 5) is 215. The molecule has 592 valence electrons. The molecule has 15 atom stereocenters. The number of aliphatic hydroxyl groups excluding tert-OH is 1. The van der Waals surface area contributed by atoms with Gasteiger partial charge in [-0.05, 0) is 99.9 Å². The van der Waals surface area contributed by atoms with Crippen molar-refractivity contribution in [3.05, 3.63) is 48.0 Å². The third-order valence-electron chi connectivity index (χ3n) is 17.3. The average molecular weight is 1500 g/mol. The molecule has 40 nitrogen and oxygen atoms in total. The second kappa shape index (κ2) is 47.7. The largest absolute Gasteiger partial charge is 0.508 e. The van der Waals surface area contributed by atoms with E-state index >= 15 is 0 Å². The molecule has 2 rings (SSSR count). The number of primary amides is 1. The number of imidazole rings is 1. The molecule has 0 aliphatic carbocycles. The van der Waals surface area contributed by atoms with Crippen LogP contribution < -0.4 is 92.9 Å². The first-order chi connectivity index (χ1) is 50.0. The first-order valence-electron chi connectivity index (χ1n) is 34.9. The molecule has 12 amide bonds. The molecule has 1 heterocycles. The van der Waals surface area contributed by atoms with Crippen molar-refractivity contribution in [1.82, 2.24) is 68.5 Å². The van der Waals surface area contributed by atoms with Crippen molar-refractivity contribution in [1.29, 1.82) is 0 Å². The number of phenols is 1. The lowest BCUT2D eigenvalue weighted by Gasteiger charge is -2.30. The van der Waals surface area contributed by atoms with Crippen LogP contribution in [-0.2, 0) is 84.8 Å². The molecule has 40 heteroatoms. The molecular weight excluding hydrogens is 1390 g/mol. The standard InChI is InChI=1S/C66H108N20O20/c1-7-33(4)51(84-54(94)39(69)26-37-30-73-32-75-37)63(103)81-45(28-49(90)91)59(99)83-47(31-87)61(101)76-41(16-11-13-23-68)56(96)85-53(35(6)9-3)64(104)82-46(29-50(92)93)60(100)86-52(34(5)8-2)62(102)77-40(15-10-12-22-67)55(95)80-44(27-48(70)89)58(98)79-43(25-36-18-20-38(88)21-19-36)57(97)78-42(65(105)106)17-14-24-74-66(71)72/h18-21,30,32-35,39-47,51-53,87-88H,7-17,22-29,31,67-69H2,1-6H3,(H2,70,89)(H,73,75)(H,76,101)(H,77,102)(H,78,97)(H,79,98)(H,80,95)(H,81,103)(H,82,104)(H,83,99)(H,84,94)(H,85,96)(H,86,100)(H,90,91)(H,92,93)(H,105,106)(H4,71,72,74)/t33-,34-,35-,39-,40-,41-,42-,43-,44-,45-,46-,47-,51-,52-,53-/m0/s1. The molecule has 0 saturated heterocycles. The summed E-state index contributed by atoms with van der Waals surface area (Å²) in [6, 6.07) is -14.3. The number of aromatic hydroxyl groups is 1. The zero-order valence-corrected chi connectivity index (χ0v) is 60.5. The number of hydrogen-bond acceptors (Lipinski definition) is 22. The van der Waals surface area contributed by atoms with E-state index in [4.69, 9.17) is 34.4 Å². The van der Waals surface area contributed by atoms with Crippen molar-refractivity contribution in [2.75, 3.05) is 26.2 Å². The fourth-order valence-corrected chi connectivity index (χ4v) is 10.5. The highest BCUT2D eigenvalue weighted by Crippen LogP contribution is 2.17. The van der Waals surface area contributed by atoms with Crippen LogP contribution in [0.3, 0.4) is 0 Å². The molecule has 0 saturated carbocycles. The molecule has 2 aromatic rings. The smallest absolute Gasteiger partial charge is 0.326 e. The number of aromatic amines is 1. The zero-order chi connectivity index (χ0) is 79.9. The maximum Gasteiger partial charge on any atom is 0.326 e. The van der Waals surface area contributed by atoms with Gasteiger partial charge in [0.1, 0.15) is 72.2 Å². The minimum absolute atomic E-state index is 0.00406. The number of aliphatic carboxylic acids is 3. The molecule has 0 unspecified atom stereocenters. The number of amides is 12. The van der Waals surface area contributed by atoms with Gasteiger partial charge in [-0.15, -0.1) is 0 Å². The summed E-state index contributed by atoms with van der Waals surface area (Å²) < 4.78 is 0. The highest BCUT2D eigenvalue weighted by Gasteiger charge is 2.40. The Bertz CT molecular complexity index is 3290. The lowest BCUT2D eigenvalue weighted by molar-refractivity contribution is -0.143. The second-order valence-corrected chi connectivity index (χ2v) is 25.8. The SMILES string of the molecule is CC[C@H](C)[C@H](NC(=O)[C@H](CC(=O)O)NC(=O)[C@@H](NC(=O)[C@H](CCCCN)NC(=O)[C@H](CO)NC(=O)[C@H](CC(=O)O)NC(=O)[C@@H](NC(=O)[C@@H](N)Cc1cnc[nH]1)[C@@H](C)CC)[C@@H](C)CC)C(=O)N[C@@H](CCCCN)C(=O)N[C@@H](CC(N)=O)C(=O)N[C@@H](Cc1ccc(O)cc1)C(=O)N[C@@H](CCCN=C(N)N)C(=O)O. The fraction of sp³-hybridized carbons (Fsp3) is 0.621. The summed E-state index contributed by atoms with van der Waals surface area (Å²) in [7, 11) is 0. The molecule has 1 aromatic carbocycles. The molecule has 106 heavy (non-hydrogen) atoms. The van der Waals surface area contributed by atoms with Crippen LogP contribution in [0, 0.1) is 17.8 Å². The van der Waals surface area contributed by atoms with Gasteiger partial charge < -0.3 is 123 Å². The Kier molecular flexibility index (Phi) is 41.2. The molecule has 0 aliphatic heterocycles. The van der Waals surface area contributed by atoms with Gasteiger partial charge in [-0.25, -0.2) is 9.78 Å². The van der Waals surface area contributed by atoms with Gasteiger partial charge >= 0.3 is 17.9 Å². The number of carbonyl (C=O) groups excluding carboxylic acids is 12. The van der Waals surface area contributed by atoms with Gasteiger partial charge in [-0.2, -0.15) is 0 Å². The number of aliphatic hydroxyl groups is 1. The molecule has 0 spiro atoms. The van der Waals surface area contributed by atoms with E-state index in [0.717, 1.165) is 0 Å². The van der Waals surface area contributed by atoms with Crippen molar-refractivity contribution in [3.8, 4) is 5.75 Å². The van der Waals surface area contributed by atoms with Crippen LogP contribution in [0.4, 0.5) is 0 Å². The Hall–Kier alpha value is -10.6. The Labute approximate surface area is 612 Å². The Balaban J connectivity index is 2.48. The summed E-state index contributed by atoms with van der Waals surface area (Å²) in [5.41, 5.74) is 34.7. The number of hydrogen-bond donors (Lipinski definition) is 23. The monoisotopic (exact) mass is 1500 g/mol. The summed E-state index contributed by atoms with van der Waals surface area (Å²) >= 11 is 0. The van der Waals surface area contributed by atoms with Gasteiger partial charge in [-0.3, -0.25) is 72.1 Å². The van der Waals surface area contributed by atoms with E-state index in [9.17, 15) is 97.5 Å². The molecular formula is C66H108N20O20. The Morgan fingerprint density at radius 1 is 0.462 bits per heavy atom.